The zero-order chi connectivity index (χ0) is 13.4. The zero-order valence-electron chi connectivity index (χ0n) is 10.8. The Kier molecular flexibility index (Phi) is 6.08. The van der Waals surface area contributed by atoms with Crippen LogP contribution < -0.4 is 10.2 Å². The summed E-state index contributed by atoms with van der Waals surface area (Å²) in [6.45, 7) is 12.2. The van der Waals surface area contributed by atoms with E-state index in [0.717, 1.165) is 17.9 Å². The van der Waals surface area contributed by atoms with Crippen molar-refractivity contribution in [3.8, 4) is 0 Å². The van der Waals surface area contributed by atoms with E-state index < -0.39 is 0 Å². The van der Waals surface area contributed by atoms with Gasteiger partial charge in [0, 0.05) is 25.2 Å². The van der Waals surface area contributed by atoms with Crippen LogP contribution in [0, 0.1) is 5.82 Å². The second kappa shape index (κ2) is 7.61. The first-order valence-corrected chi connectivity index (χ1v) is 6.04. The summed E-state index contributed by atoms with van der Waals surface area (Å²) in [7, 11) is 0. The minimum absolute atomic E-state index is 0.316. The van der Waals surface area contributed by atoms with Crippen molar-refractivity contribution in [1.29, 1.82) is 0 Å². The molecule has 0 aliphatic carbocycles. The van der Waals surface area contributed by atoms with Crippen LogP contribution in [-0.2, 0) is 6.54 Å². The summed E-state index contributed by atoms with van der Waals surface area (Å²) in [5, 5.41) is 3.19. The number of halogens is 1. The summed E-state index contributed by atoms with van der Waals surface area (Å²) >= 11 is 0. The third kappa shape index (κ3) is 3.96. The van der Waals surface area contributed by atoms with Crippen LogP contribution in [-0.4, -0.2) is 24.6 Å². The molecule has 0 aliphatic heterocycles. The molecule has 0 aliphatic rings. The average molecular weight is 249 g/mol. The van der Waals surface area contributed by atoms with E-state index in [9.17, 15) is 4.39 Å². The van der Waals surface area contributed by atoms with Crippen molar-refractivity contribution < 1.29 is 4.39 Å². The SMILES string of the molecule is C=CCN(CC=C)c1ncc(F)cc1CNCC. The highest BCUT2D eigenvalue weighted by Gasteiger charge is 2.11. The number of hydrogen-bond acceptors (Lipinski definition) is 3. The third-order valence-corrected chi connectivity index (χ3v) is 2.47. The van der Waals surface area contributed by atoms with Gasteiger partial charge in [0.15, 0.2) is 0 Å². The lowest BCUT2D eigenvalue weighted by Gasteiger charge is -2.23. The highest BCUT2D eigenvalue weighted by atomic mass is 19.1. The fraction of sp³-hybridized carbons (Fsp3) is 0.357. The maximum absolute atomic E-state index is 13.3. The van der Waals surface area contributed by atoms with Gasteiger partial charge < -0.3 is 10.2 Å². The van der Waals surface area contributed by atoms with Gasteiger partial charge in [-0.2, -0.15) is 0 Å². The Hall–Kier alpha value is -1.68. The van der Waals surface area contributed by atoms with Crippen LogP contribution in [0.25, 0.3) is 0 Å². The van der Waals surface area contributed by atoms with Gasteiger partial charge in [0.1, 0.15) is 11.6 Å². The summed E-state index contributed by atoms with van der Waals surface area (Å²) in [5.74, 6) is 0.459. The predicted molar refractivity (Wildman–Crippen MR) is 74.2 cm³/mol. The highest BCUT2D eigenvalue weighted by Crippen LogP contribution is 2.18. The van der Waals surface area contributed by atoms with E-state index >= 15 is 0 Å². The quantitative estimate of drug-likeness (QED) is 0.718. The van der Waals surface area contributed by atoms with E-state index in [1.54, 1.807) is 12.2 Å². The second-order valence-electron chi connectivity index (χ2n) is 3.90. The number of anilines is 1. The van der Waals surface area contributed by atoms with Crippen molar-refractivity contribution in [2.45, 2.75) is 13.5 Å². The van der Waals surface area contributed by atoms with Gasteiger partial charge in [-0.15, -0.1) is 13.2 Å². The van der Waals surface area contributed by atoms with Crippen molar-refractivity contribution >= 4 is 5.82 Å². The van der Waals surface area contributed by atoms with Crippen LogP contribution in [0.15, 0.2) is 37.6 Å². The van der Waals surface area contributed by atoms with E-state index in [1.165, 1.54) is 12.3 Å². The molecule has 1 heterocycles. The number of aromatic nitrogens is 1. The van der Waals surface area contributed by atoms with Crippen LogP contribution in [0.2, 0.25) is 0 Å². The number of nitrogens with one attached hydrogen (secondary N) is 1. The first kappa shape index (κ1) is 14.4. The number of hydrogen-bond donors (Lipinski definition) is 1. The molecule has 0 unspecified atom stereocenters. The smallest absolute Gasteiger partial charge is 0.141 e. The van der Waals surface area contributed by atoms with Crippen LogP contribution in [0.3, 0.4) is 0 Å². The van der Waals surface area contributed by atoms with E-state index in [4.69, 9.17) is 0 Å². The molecular weight excluding hydrogens is 229 g/mol. The van der Waals surface area contributed by atoms with E-state index in [-0.39, 0.29) is 5.82 Å². The molecule has 0 amide bonds. The van der Waals surface area contributed by atoms with Crippen molar-refractivity contribution in [3.05, 3.63) is 49.0 Å². The molecule has 0 spiro atoms. The van der Waals surface area contributed by atoms with Crippen molar-refractivity contribution in [3.63, 3.8) is 0 Å². The van der Waals surface area contributed by atoms with Gasteiger partial charge in [-0.3, -0.25) is 0 Å². The van der Waals surface area contributed by atoms with Gasteiger partial charge >= 0.3 is 0 Å². The Balaban J connectivity index is 3.01. The molecular formula is C14H20FN3. The summed E-state index contributed by atoms with van der Waals surface area (Å²) in [6.07, 6.45) is 4.83. The Morgan fingerprint density at radius 1 is 1.39 bits per heavy atom. The third-order valence-electron chi connectivity index (χ3n) is 2.47. The van der Waals surface area contributed by atoms with Gasteiger partial charge in [-0.25, -0.2) is 9.37 Å². The molecule has 0 bridgehead atoms. The molecule has 3 nitrogen and oxygen atoms in total. The number of pyridine rings is 1. The Labute approximate surface area is 108 Å². The number of rotatable bonds is 8. The Morgan fingerprint density at radius 2 is 2.06 bits per heavy atom. The van der Waals surface area contributed by atoms with Crippen LogP contribution in [0.4, 0.5) is 10.2 Å². The normalized spacial score (nSPS) is 10.1. The molecule has 0 saturated heterocycles. The maximum Gasteiger partial charge on any atom is 0.141 e. The fourth-order valence-corrected chi connectivity index (χ4v) is 1.71. The lowest BCUT2D eigenvalue weighted by atomic mass is 10.2. The summed E-state index contributed by atoms with van der Waals surface area (Å²) in [5.41, 5.74) is 0.848. The van der Waals surface area contributed by atoms with E-state index in [1.807, 2.05) is 11.8 Å². The van der Waals surface area contributed by atoms with E-state index in [0.29, 0.717) is 19.6 Å². The molecule has 1 aromatic rings. The van der Waals surface area contributed by atoms with Gasteiger partial charge in [0.05, 0.1) is 6.20 Å². The van der Waals surface area contributed by atoms with Crippen LogP contribution >= 0.6 is 0 Å². The van der Waals surface area contributed by atoms with Gasteiger partial charge in [0.25, 0.3) is 0 Å². The highest BCUT2D eigenvalue weighted by molar-refractivity contribution is 5.48. The average Bonchev–Trinajstić information content (AvgIpc) is 2.36. The van der Waals surface area contributed by atoms with Crippen molar-refractivity contribution in [2.24, 2.45) is 0 Å². The molecule has 4 heteroatoms. The molecule has 1 rings (SSSR count). The fourth-order valence-electron chi connectivity index (χ4n) is 1.71. The largest absolute Gasteiger partial charge is 0.349 e. The zero-order valence-corrected chi connectivity index (χ0v) is 10.8. The molecule has 0 radical (unpaired) electrons. The molecule has 1 N–H and O–H groups in total. The first-order chi connectivity index (χ1) is 8.72. The first-order valence-electron chi connectivity index (χ1n) is 6.04. The Morgan fingerprint density at radius 3 is 2.61 bits per heavy atom. The van der Waals surface area contributed by atoms with E-state index in [2.05, 4.69) is 23.5 Å². The molecule has 0 atom stereocenters. The monoisotopic (exact) mass is 249 g/mol. The minimum atomic E-state index is -0.316. The number of nitrogens with zero attached hydrogens (tertiary/aromatic N) is 2. The molecule has 0 saturated carbocycles. The predicted octanol–water partition coefficient (Wildman–Crippen LogP) is 2.51. The summed E-state index contributed by atoms with van der Waals surface area (Å²) in [4.78, 5) is 6.19. The lowest BCUT2D eigenvalue weighted by molar-refractivity contribution is 0.613. The molecule has 98 valence electrons. The molecule has 18 heavy (non-hydrogen) atoms. The lowest BCUT2D eigenvalue weighted by Crippen LogP contribution is -2.27. The molecule has 0 fully saturated rings. The van der Waals surface area contributed by atoms with Gasteiger partial charge in [0.2, 0.25) is 0 Å². The Bertz CT molecular complexity index is 394. The summed E-state index contributed by atoms with van der Waals surface area (Å²) < 4.78 is 13.3. The summed E-state index contributed by atoms with van der Waals surface area (Å²) in [6, 6.07) is 1.52. The minimum Gasteiger partial charge on any atom is -0.349 e. The maximum atomic E-state index is 13.3. The van der Waals surface area contributed by atoms with Crippen molar-refractivity contribution in [1.82, 2.24) is 10.3 Å². The van der Waals surface area contributed by atoms with Crippen LogP contribution in [0.1, 0.15) is 12.5 Å². The topological polar surface area (TPSA) is 28.2 Å². The second-order valence-corrected chi connectivity index (χ2v) is 3.90. The van der Waals surface area contributed by atoms with Gasteiger partial charge in [-0.1, -0.05) is 19.1 Å². The standard InChI is InChI=1S/C14H20FN3/c1-4-7-18(8-5-2)14-12(10-16-6-3)9-13(15)11-17-14/h4-5,9,11,16H,1-2,6-8,10H2,3H3. The van der Waals surface area contributed by atoms with Crippen LogP contribution in [0.5, 0.6) is 0 Å². The van der Waals surface area contributed by atoms with Crippen molar-refractivity contribution in [2.75, 3.05) is 24.5 Å². The van der Waals surface area contributed by atoms with Gasteiger partial charge in [-0.05, 0) is 12.6 Å². The molecule has 0 aromatic carbocycles. The molecule has 1 aromatic heterocycles.